The number of rotatable bonds is 8. The molecule has 1 aliphatic rings. The van der Waals surface area contributed by atoms with Gasteiger partial charge in [0.05, 0.1) is 0 Å². The molecule has 0 unspecified atom stereocenters. The van der Waals surface area contributed by atoms with E-state index in [1.54, 1.807) is 0 Å². The first kappa shape index (κ1) is 19.1. The Morgan fingerprint density at radius 1 is 0.700 bits per heavy atom. The molecule has 1 heterocycles. The fourth-order valence-electron chi connectivity index (χ4n) is 5.41. The van der Waals surface area contributed by atoms with Crippen LogP contribution in [0.2, 0.25) is 31.5 Å². The zero-order chi connectivity index (χ0) is 15.3. The van der Waals surface area contributed by atoms with Crippen molar-refractivity contribution in [1.29, 1.82) is 0 Å². The molecule has 0 amide bonds. The molecule has 20 heavy (non-hydrogen) atoms. The topological polar surface area (TPSA) is 9.23 Å². The molecule has 0 aliphatic carbocycles. The van der Waals surface area contributed by atoms with Gasteiger partial charge in [-0.05, 0) is 0 Å². The quantitative estimate of drug-likeness (QED) is 0.450. The maximum absolute atomic E-state index is 6.91. The van der Waals surface area contributed by atoms with Crippen LogP contribution in [0.1, 0.15) is 60.8 Å². The molecule has 0 aromatic heterocycles. The summed E-state index contributed by atoms with van der Waals surface area (Å²) < 4.78 is 7.39. The minimum absolute atomic E-state index is 0.481. The Balaban J connectivity index is 3.41. The fraction of sp³-hybridized carbons (Fsp3) is 1.00. The Bertz CT molecular complexity index is 238. The second kappa shape index (κ2) is 8.05. The number of ether oxygens (including phenoxy) is 1. The Kier molecular flexibility index (Phi) is 7.69. The molecule has 0 spiro atoms. The summed E-state index contributed by atoms with van der Waals surface area (Å²) >= 11 is -3.83. The summed E-state index contributed by atoms with van der Waals surface area (Å²) in [5.41, 5.74) is 0. The van der Waals surface area contributed by atoms with E-state index in [0.717, 1.165) is 6.61 Å². The van der Waals surface area contributed by atoms with E-state index in [1.165, 1.54) is 50.8 Å². The van der Waals surface area contributed by atoms with Gasteiger partial charge >= 0.3 is 133 Å². The van der Waals surface area contributed by atoms with Crippen LogP contribution in [-0.2, 0) is 4.74 Å². The summed E-state index contributed by atoms with van der Waals surface area (Å²) in [6, 6.07) is 0. The fourth-order valence-corrected chi connectivity index (χ4v) is 49.8. The molecule has 0 aromatic rings. The van der Waals surface area contributed by atoms with Crippen LogP contribution in [-0.4, -0.2) is 36.4 Å². The molecule has 0 atom stereocenters. The summed E-state index contributed by atoms with van der Waals surface area (Å²) in [7, 11) is 0. The standard InChI is InChI=1S/C17H38Ge2O/c1-7-18(8-2,9-3)17(15-13-14-16-20-17)19(10-4,11-5)12-6/h7-16H2,1-6H3. The van der Waals surface area contributed by atoms with Crippen molar-refractivity contribution in [3.63, 3.8) is 0 Å². The van der Waals surface area contributed by atoms with E-state index in [4.69, 9.17) is 4.74 Å². The van der Waals surface area contributed by atoms with Crippen molar-refractivity contribution in [3.05, 3.63) is 0 Å². The normalized spacial score (nSPS) is 20.1. The van der Waals surface area contributed by atoms with Gasteiger partial charge < -0.3 is 0 Å². The van der Waals surface area contributed by atoms with Crippen LogP contribution < -0.4 is 0 Å². The van der Waals surface area contributed by atoms with Crippen LogP contribution in [0.15, 0.2) is 0 Å². The van der Waals surface area contributed by atoms with Crippen LogP contribution in [0.3, 0.4) is 0 Å². The summed E-state index contributed by atoms with van der Waals surface area (Å²) in [5.74, 6) is 0. The summed E-state index contributed by atoms with van der Waals surface area (Å²) in [4.78, 5) is 0. The Morgan fingerprint density at radius 3 is 1.35 bits per heavy atom. The van der Waals surface area contributed by atoms with Crippen LogP contribution in [0.5, 0.6) is 0 Å². The average Bonchev–Trinajstić information content (AvgIpc) is 2.53. The first-order valence-corrected chi connectivity index (χ1v) is 20.2. The van der Waals surface area contributed by atoms with Gasteiger partial charge in [-0.15, -0.1) is 0 Å². The van der Waals surface area contributed by atoms with Crippen molar-refractivity contribution >= 4 is 26.5 Å². The van der Waals surface area contributed by atoms with E-state index in [2.05, 4.69) is 41.5 Å². The van der Waals surface area contributed by atoms with Crippen molar-refractivity contribution < 1.29 is 4.74 Å². The molecule has 0 radical (unpaired) electrons. The van der Waals surface area contributed by atoms with Gasteiger partial charge in [0.25, 0.3) is 0 Å². The second-order valence-electron chi connectivity index (χ2n) is 6.81. The van der Waals surface area contributed by atoms with Crippen molar-refractivity contribution in [2.24, 2.45) is 0 Å². The predicted octanol–water partition coefficient (Wildman–Crippen LogP) is 6.02. The Labute approximate surface area is 133 Å². The third-order valence-electron chi connectivity index (χ3n) is 7.05. The molecule has 1 rings (SSSR count). The first-order chi connectivity index (χ1) is 9.57. The molecular formula is C17H38Ge2O. The van der Waals surface area contributed by atoms with Gasteiger partial charge in [-0.1, -0.05) is 0 Å². The second-order valence-corrected chi connectivity index (χ2v) is 32.1. The summed E-state index contributed by atoms with van der Waals surface area (Å²) in [6.45, 7) is 16.1. The van der Waals surface area contributed by atoms with Crippen LogP contribution >= 0.6 is 0 Å². The number of hydrogen-bond donors (Lipinski definition) is 0. The molecule has 1 fully saturated rings. The van der Waals surface area contributed by atoms with Crippen molar-refractivity contribution in [3.8, 4) is 0 Å². The molecule has 0 saturated carbocycles. The molecule has 1 nitrogen and oxygen atoms in total. The van der Waals surface area contributed by atoms with Crippen molar-refractivity contribution in [2.45, 2.75) is 95.6 Å². The minimum atomic E-state index is -1.91. The number of hydrogen-bond acceptors (Lipinski definition) is 1. The van der Waals surface area contributed by atoms with Gasteiger partial charge in [0, 0.05) is 0 Å². The third kappa shape index (κ3) is 2.80. The van der Waals surface area contributed by atoms with Gasteiger partial charge in [0.1, 0.15) is 0 Å². The van der Waals surface area contributed by atoms with Crippen LogP contribution in [0.25, 0.3) is 0 Å². The van der Waals surface area contributed by atoms with Crippen molar-refractivity contribution in [1.82, 2.24) is 0 Å². The molecule has 1 aliphatic heterocycles. The maximum atomic E-state index is 6.91. The molecular weight excluding hydrogens is 365 g/mol. The van der Waals surface area contributed by atoms with E-state index in [0.29, 0.717) is 3.27 Å². The predicted molar refractivity (Wildman–Crippen MR) is 96.9 cm³/mol. The molecule has 0 aromatic carbocycles. The monoisotopic (exact) mass is 406 g/mol. The van der Waals surface area contributed by atoms with E-state index >= 15 is 0 Å². The SMILES string of the molecule is C[CH2][Ge]([CH2]C)([CH2]C)[C]1([Ge]([CH2]C)([CH2]C)[CH2]C)CCCCO1. The summed E-state index contributed by atoms with van der Waals surface area (Å²) in [5, 5.41) is 8.92. The zero-order valence-electron chi connectivity index (χ0n) is 15.0. The van der Waals surface area contributed by atoms with Gasteiger partial charge in [-0.2, -0.15) is 0 Å². The third-order valence-corrected chi connectivity index (χ3v) is 44.5. The van der Waals surface area contributed by atoms with Crippen molar-refractivity contribution in [2.75, 3.05) is 6.61 Å². The zero-order valence-corrected chi connectivity index (χ0v) is 19.2. The molecule has 0 N–H and O–H groups in total. The first-order valence-electron chi connectivity index (χ1n) is 9.21. The van der Waals surface area contributed by atoms with E-state index in [1.807, 2.05) is 0 Å². The van der Waals surface area contributed by atoms with Gasteiger partial charge in [-0.3, -0.25) is 0 Å². The van der Waals surface area contributed by atoms with Crippen LogP contribution in [0.4, 0.5) is 0 Å². The molecule has 120 valence electrons. The summed E-state index contributed by atoms with van der Waals surface area (Å²) in [6.07, 6.45) is 4.20. The van der Waals surface area contributed by atoms with Gasteiger partial charge in [0.2, 0.25) is 0 Å². The molecule has 1 saturated heterocycles. The average molecular weight is 404 g/mol. The van der Waals surface area contributed by atoms with Gasteiger partial charge in [0.15, 0.2) is 0 Å². The Hall–Kier alpha value is 1.05. The van der Waals surface area contributed by atoms with E-state index < -0.39 is 26.5 Å². The molecule has 0 bridgehead atoms. The van der Waals surface area contributed by atoms with E-state index in [-0.39, 0.29) is 0 Å². The Morgan fingerprint density at radius 2 is 1.10 bits per heavy atom. The molecule has 3 heteroatoms. The van der Waals surface area contributed by atoms with E-state index in [9.17, 15) is 0 Å². The van der Waals surface area contributed by atoms with Gasteiger partial charge in [-0.25, -0.2) is 0 Å². The van der Waals surface area contributed by atoms with Crippen LogP contribution in [0, 0.1) is 0 Å².